The van der Waals surface area contributed by atoms with Gasteiger partial charge in [-0.3, -0.25) is 29.6 Å². The molecule has 4 rings (SSSR count). The zero-order chi connectivity index (χ0) is 27.3. The van der Waals surface area contributed by atoms with Crippen LogP contribution in [0.2, 0.25) is 5.02 Å². The molecule has 1 unspecified atom stereocenters. The summed E-state index contributed by atoms with van der Waals surface area (Å²) in [7, 11) is 3.57. The number of nitrogens with one attached hydrogen (secondary N) is 3. The van der Waals surface area contributed by atoms with Crippen LogP contribution in [0.25, 0.3) is 0 Å². The second kappa shape index (κ2) is 11.9. The highest BCUT2D eigenvalue weighted by Gasteiger charge is 2.49. The van der Waals surface area contributed by atoms with Gasteiger partial charge in [0.1, 0.15) is 18.1 Å². The summed E-state index contributed by atoms with van der Waals surface area (Å²) in [5.41, 5.74) is 5.28. The molecular weight excluding hydrogens is 510 g/mol. The summed E-state index contributed by atoms with van der Waals surface area (Å²) in [5.74, 6) is -1.12. The molecule has 2 aromatic rings. The van der Waals surface area contributed by atoms with Gasteiger partial charge in [-0.25, -0.2) is 0 Å². The van der Waals surface area contributed by atoms with Gasteiger partial charge in [0.2, 0.25) is 5.91 Å². The fourth-order valence-corrected chi connectivity index (χ4v) is 4.72. The molecule has 12 heteroatoms. The number of piperazine rings is 1. The van der Waals surface area contributed by atoms with Crippen molar-refractivity contribution in [3.05, 3.63) is 58.6 Å². The van der Waals surface area contributed by atoms with Crippen molar-refractivity contribution in [2.75, 3.05) is 65.4 Å². The van der Waals surface area contributed by atoms with E-state index in [9.17, 15) is 14.4 Å². The molecule has 2 aliphatic heterocycles. The van der Waals surface area contributed by atoms with Gasteiger partial charge in [0.05, 0.1) is 17.3 Å². The van der Waals surface area contributed by atoms with Crippen LogP contribution in [-0.2, 0) is 15.1 Å². The fraction of sp³-hybridized carbons (Fsp3) is 0.385. The van der Waals surface area contributed by atoms with Crippen molar-refractivity contribution in [1.29, 1.82) is 0 Å². The first-order valence-electron chi connectivity index (χ1n) is 12.3. The number of ether oxygens (including phenoxy) is 1. The second-order valence-electron chi connectivity index (χ2n) is 9.20. The number of hydrogen-bond acceptors (Lipinski definition) is 8. The smallest absolute Gasteiger partial charge is 0.267 e. The summed E-state index contributed by atoms with van der Waals surface area (Å²) < 4.78 is 5.89. The van der Waals surface area contributed by atoms with E-state index in [-0.39, 0.29) is 17.9 Å². The Labute approximate surface area is 226 Å². The molecule has 5 N–H and O–H groups in total. The van der Waals surface area contributed by atoms with Crippen molar-refractivity contribution in [1.82, 2.24) is 20.4 Å². The second-order valence-corrected chi connectivity index (χ2v) is 9.61. The van der Waals surface area contributed by atoms with Crippen molar-refractivity contribution >= 4 is 40.7 Å². The van der Waals surface area contributed by atoms with Crippen LogP contribution in [0.3, 0.4) is 0 Å². The van der Waals surface area contributed by atoms with Gasteiger partial charge in [-0.05, 0) is 42.9 Å². The first kappa shape index (κ1) is 27.5. The number of nitrogens with two attached hydrogens (primary N) is 1. The van der Waals surface area contributed by atoms with E-state index < -0.39 is 23.3 Å². The molecule has 0 radical (unpaired) electrons. The lowest BCUT2D eigenvalue weighted by atomic mass is 9.84. The van der Waals surface area contributed by atoms with Crippen LogP contribution in [0.15, 0.2) is 47.5 Å². The number of benzene rings is 2. The maximum atomic E-state index is 13.0. The summed E-state index contributed by atoms with van der Waals surface area (Å²) >= 11 is 6.31. The van der Waals surface area contributed by atoms with Gasteiger partial charge in [-0.15, -0.1) is 0 Å². The Morgan fingerprint density at radius 1 is 1.11 bits per heavy atom. The molecule has 38 heavy (non-hydrogen) atoms. The Bertz CT molecular complexity index is 1230. The summed E-state index contributed by atoms with van der Waals surface area (Å²) in [6.45, 7) is 5.46. The molecule has 11 nitrogen and oxygen atoms in total. The Morgan fingerprint density at radius 3 is 2.47 bits per heavy atom. The van der Waals surface area contributed by atoms with Crippen molar-refractivity contribution < 1.29 is 19.1 Å². The molecule has 1 fully saturated rings. The minimum Gasteiger partial charge on any atom is -0.492 e. The predicted molar refractivity (Wildman–Crippen MR) is 146 cm³/mol. The Morgan fingerprint density at radius 2 is 1.82 bits per heavy atom. The van der Waals surface area contributed by atoms with Crippen molar-refractivity contribution in [2.45, 2.75) is 5.54 Å². The Kier molecular flexibility index (Phi) is 8.62. The van der Waals surface area contributed by atoms with Gasteiger partial charge in [-0.1, -0.05) is 23.7 Å². The monoisotopic (exact) mass is 541 g/mol. The molecule has 0 spiro atoms. The van der Waals surface area contributed by atoms with Crippen LogP contribution in [0.4, 0.5) is 5.69 Å². The number of halogens is 1. The number of amides is 3. The highest BCUT2D eigenvalue weighted by molar-refractivity contribution is 6.47. The van der Waals surface area contributed by atoms with Crippen LogP contribution < -0.4 is 26.4 Å². The topological polar surface area (TPSA) is 141 Å². The normalized spacial score (nSPS) is 20.0. The SMILES string of the molecule is CNC(=O)C1=NCNC1(C(N)=O)c1ccc(NC(=O)c2cc(OCCN3CCN(C)CC3)ccc2Cl)cc1. The highest BCUT2D eigenvalue weighted by atomic mass is 35.5. The van der Waals surface area contributed by atoms with Crippen LogP contribution in [0.1, 0.15) is 15.9 Å². The van der Waals surface area contributed by atoms with E-state index in [4.69, 9.17) is 22.1 Å². The Hall–Kier alpha value is -3.51. The zero-order valence-corrected chi connectivity index (χ0v) is 22.2. The van der Waals surface area contributed by atoms with E-state index in [2.05, 4.69) is 37.8 Å². The summed E-state index contributed by atoms with van der Waals surface area (Å²) in [6.07, 6.45) is 0. The Balaban J connectivity index is 1.42. The van der Waals surface area contributed by atoms with Crippen molar-refractivity contribution in [3.8, 4) is 5.75 Å². The number of hydrogen-bond donors (Lipinski definition) is 4. The highest BCUT2D eigenvalue weighted by Crippen LogP contribution is 2.29. The third-order valence-corrected chi connectivity index (χ3v) is 7.11. The molecule has 202 valence electrons. The van der Waals surface area contributed by atoms with Crippen LogP contribution in [0, 0.1) is 0 Å². The van der Waals surface area contributed by atoms with Crippen LogP contribution in [-0.4, -0.2) is 93.3 Å². The van der Waals surface area contributed by atoms with Crippen molar-refractivity contribution in [2.24, 2.45) is 10.7 Å². The number of likely N-dealkylation sites (N-methyl/N-ethyl adjacent to an activating group) is 1. The number of nitrogens with zero attached hydrogens (tertiary/aromatic N) is 3. The number of anilines is 1. The number of carbonyl (C=O) groups excluding carboxylic acids is 3. The van der Waals surface area contributed by atoms with Crippen molar-refractivity contribution in [3.63, 3.8) is 0 Å². The predicted octanol–water partition coefficient (Wildman–Crippen LogP) is 0.647. The molecular formula is C26H32ClN7O4. The van der Waals surface area contributed by atoms with Gasteiger partial charge in [0.25, 0.3) is 11.8 Å². The number of rotatable bonds is 9. The van der Waals surface area contributed by atoms with E-state index >= 15 is 0 Å². The molecule has 0 aliphatic carbocycles. The summed E-state index contributed by atoms with van der Waals surface area (Å²) in [4.78, 5) is 46.6. The first-order chi connectivity index (χ1) is 18.2. The average molecular weight is 542 g/mol. The van der Waals surface area contributed by atoms with Gasteiger partial charge < -0.3 is 26.0 Å². The standard InChI is InChI=1S/C26H32ClN7O4/c1-29-24(36)22-26(25(28)37,31-16-30-22)17-3-5-18(6-4-17)32-23(35)20-15-19(7-8-21(20)27)38-14-13-34-11-9-33(2)10-12-34/h3-8,15,31H,9-14,16H2,1-2H3,(H2,28,37)(H,29,36)(H,32,35). The molecule has 0 saturated carbocycles. The zero-order valence-electron chi connectivity index (χ0n) is 21.4. The molecule has 2 aliphatic rings. The van der Waals surface area contributed by atoms with Gasteiger partial charge in [-0.2, -0.15) is 0 Å². The molecule has 0 bridgehead atoms. The van der Waals surface area contributed by atoms with Crippen LogP contribution >= 0.6 is 11.6 Å². The van der Waals surface area contributed by atoms with Gasteiger partial charge >= 0.3 is 0 Å². The maximum absolute atomic E-state index is 13.0. The fourth-order valence-electron chi connectivity index (χ4n) is 4.52. The molecule has 1 saturated heterocycles. The minimum atomic E-state index is -1.57. The minimum absolute atomic E-state index is 0.0134. The van der Waals surface area contributed by atoms with Gasteiger partial charge in [0, 0.05) is 45.5 Å². The molecule has 3 amide bonds. The average Bonchev–Trinajstić information content (AvgIpc) is 3.37. The van der Waals surface area contributed by atoms with E-state index in [0.29, 0.717) is 28.6 Å². The molecule has 2 aromatic carbocycles. The van der Waals surface area contributed by atoms with E-state index in [0.717, 1.165) is 32.7 Å². The largest absolute Gasteiger partial charge is 0.492 e. The van der Waals surface area contributed by atoms with E-state index in [1.807, 2.05) is 0 Å². The lowest BCUT2D eigenvalue weighted by molar-refractivity contribution is -0.123. The molecule has 0 aromatic heterocycles. The maximum Gasteiger partial charge on any atom is 0.267 e. The quantitative estimate of drug-likeness (QED) is 0.365. The van der Waals surface area contributed by atoms with E-state index in [1.165, 1.54) is 7.05 Å². The third kappa shape index (κ3) is 5.81. The molecule has 1 atom stereocenters. The van der Waals surface area contributed by atoms with Gasteiger partial charge in [0.15, 0.2) is 5.54 Å². The third-order valence-electron chi connectivity index (χ3n) is 6.78. The lowest BCUT2D eigenvalue weighted by Crippen LogP contribution is -2.58. The number of carbonyl (C=O) groups is 3. The number of primary amides is 1. The summed E-state index contributed by atoms with van der Waals surface area (Å²) in [6, 6.07) is 11.4. The number of aliphatic imine (C=N–C) groups is 1. The lowest BCUT2D eigenvalue weighted by Gasteiger charge is -2.32. The molecule has 2 heterocycles. The first-order valence-corrected chi connectivity index (χ1v) is 12.7. The van der Waals surface area contributed by atoms with E-state index in [1.54, 1.807) is 42.5 Å². The van der Waals surface area contributed by atoms with Crippen LogP contribution in [0.5, 0.6) is 5.75 Å². The summed E-state index contributed by atoms with van der Waals surface area (Å²) in [5, 5.41) is 8.51.